The number of aliphatic hydroxyl groups is 1. The molecule has 3 aliphatic heterocycles. The lowest BCUT2D eigenvalue weighted by molar-refractivity contribution is -0.110. The molecule has 6 rings (SSSR count). The first-order valence-electron chi connectivity index (χ1n) is 18.6. The Kier molecular flexibility index (Phi) is 12.3. The molecule has 3 aromatic rings. The SMILES string of the molecule is CCN(CC)c1ccc(/C=C2\C(=O)Nc3ccc(S(=O)(=O)N(CC(C)C)C[C@@H](O)[C@H](Cc4ccccc4)NC(=O)OC4COC5OCCC45)cc32)cc1O. The van der Waals surface area contributed by atoms with Crippen molar-refractivity contribution in [2.24, 2.45) is 11.8 Å². The Hall–Kier alpha value is -4.47. The summed E-state index contributed by atoms with van der Waals surface area (Å²) in [5, 5.41) is 28.1. The smallest absolute Gasteiger partial charge is 0.407 e. The van der Waals surface area contributed by atoms with Gasteiger partial charge in [-0.25, -0.2) is 13.2 Å². The van der Waals surface area contributed by atoms with E-state index in [1.807, 2.05) is 62.9 Å². The summed E-state index contributed by atoms with van der Waals surface area (Å²) < 4.78 is 46.9. The molecule has 5 atom stereocenters. The minimum Gasteiger partial charge on any atom is -0.506 e. The van der Waals surface area contributed by atoms with Crippen molar-refractivity contribution in [3.8, 4) is 5.75 Å². The molecule has 0 saturated carbocycles. The van der Waals surface area contributed by atoms with Crippen molar-refractivity contribution in [2.75, 3.05) is 49.6 Å². The summed E-state index contributed by atoms with van der Waals surface area (Å²) in [6, 6.07) is 18.0. The summed E-state index contributed by atoms with van der Waals surface area (Å²) in [7, 11) is -4.23. The van der Waals surface area contributed by atoms with Crippen LogP contribution >= 0.6 is 0 Å². The molecule has 0 spiro atoms. The molecule has 14 heteroatoms. The van der Waals surface area contributed by atoms with Crippen LogP contribution in [0.15, 0.2) is 71.6 Å². The Bertz CT molecular complexity index is 1950. The van der Waals surface area contributed by atoms with E-state index in [1.54, 1.807) is 30.3 Å². The number of carbonyl (C=O) groups excluding carboxylic acids is 2. The van der Waals surface area contributed by atoms with E-state index in [0.29, 0.717) is 48.6 Å². The average Bonchev–Trinajstić information content (AvgIpc) is 3.85. The highest BCUT2D eigenvalue weighted by Crippen LogP contribution is 2.37. The summed E-state index contributed by atoms with van der Waals surface area (Å²) in [5.41, 5.74) is 3.19. The number of phenolic OH excluding ortho intramolecular Hbond substituents is 1. The zero-order valence-electron chi connectivity index (χ0n) is 31.1. The number of aromatic hydroxyl groups is 1. The van der Waals surface area contributed by atoms with Crippen LogP contribution in [0.2, 0.25) is 0 Å². The van der Waals surface area contributed by atoms with E-state index in [9.17, 15) is 28.2 Å². The van der Waals surface area contributed by atoms with Crippen LogP contribution in [0.4, 0.5) is 16.2 Å². The standard InChI is InChI=1S/C40H50N4O9S/c1-5-43(6-2)34-15-12-27(20-35(34)45)18-31-30-21-28(13-14-32(30)41-38(31)47)54(49,50)44(22-25(3)4)23-36(46)33(19-26-10-8-7-9-11-26)42-40(48)53-37-24-52-39-29(37)16-17-51-39/h7-15,18,20-21,25,29,33,36-37,39,45-46H,5-6,16-17,19,22-24H2,1-4H3,(H,41,47)(H,42,48)/b31-18-/t29?,33-,36+,37?,39?/m0/s1. The number of amides is 2. The number of aliphatic hydroxyl groups excluding tert-OH is 1. The molecule has 290 valence electrons. The molecule has 3 aliphatic rings. The fourth-order valence-electron chi connectivity index (χ4n) is 7.28. The Morgan fingerprint density at radius 2 is 1.81 bits per heavy atom. The van der Waals surface area contributed by atoms with Crippen LogP contribution in [0.25, 0.3) is 11.6 Å². The van der Waals surface area contributed by atoms with Crippen LogP contribution in [0.3, 0.4) is 0 Å². The molecule has 2 saturated heterocycles. The van der Waals surface area contributed by atoms with Gasteiger partial charge < -0.3 is 40.0 Å². The lowest BCUT2D eigenvalue weighted by Crippen LogP contribution is -2.51. The maximum absolute atomic E-state index is 14.4. The molecule has 3 heterocycles. The summed E-state index contributed by atoms with van der Waals surface area (Å²) in [6.45, 7) is 9.67. The van der Waals surface area contributed by atoms with E-state index in [2.05, 4.69) is 10.6 Å². The van der Waals surface area contributed by atoms with Gasteiger partial charge in [-0.1, -0.05) is 50.2 Å². The number of carbonyl (C=O) groups is 2. The van der Waals surface area contributed by atoms with E-state index in [0.717, 1.165) is 5.56 Å². The highest BCUT2D eigenvalue weighted by molar-refractivity contribution is 7.89. The van der Waals surface area contributed by atoms with Gasteiger partial charge >= 0.3 is 6.09 Å². The maximum Gasteiger partial charge on any atom is 0.407 e. The number of rotatable bonds is 15. The van der Waals surface area contributed by atoms with Crippen LogP contribution in [-0.4, -0.2) is 98.9 Å². The first-order valence-corrected chi connectivity index (χ1v) is 20.0. The Labute approximate surface area is 316 Å². The molecule has 2 amide bonds. The summed E-state index contributed by atoms with van der Waals surface area (Å²) in [5.74, 6) is -0.508. The fraction of sp³-hybridized carbons (Fsp3) is 0.450. The molecular formula is C40H50N4O9S. The van der Waals surface area contributed by atoms with E-state index in [4.69, 9.17) is 14.2 Å². The van der Waals surface area contributed by atoms with E-state index in [1.165, 1.54) is 16.4 Å². The van der Waals surface area contributed by atoms with Gasteiger partial charge in [0.15, 0.2) is 6.29 Å². The van der Waals surface area contributed by atoms with E-state index < -0.39 is 46.6 Å². The zero-order valence-corrected chi connectivity index (χ0v) is 31.9. The Morgan fingerprint density at radius 1 is 1.06 bits per heavy atom. The quantitative estimate of drug-likeness (QED) is 0.158. The number of nitrogens with one attached hydrogen (secondary N) is 2. The molecule has 0 radical (unpaired) electrons. The number of anilines is 2. The predicted molar refractivity (Wildman–Crippen MR) is 205 cm³/mol. The molecular weight excluding hydrogens is 713 g/mol. The summed E-state index contributed by atoms with van der Waals surface area (Å²) >= 11 is 0. The number of hydrogen-bond acceptors (Lipinski definition) is 10. The van der Waals surface area contributed by atoms with Crippen molar-refractivity contribution in [3.63, 3.8) is 0 Å². The van der Waals surface area contributed by atoms with Crippen LogP contribution < -0.4 is 15.5 Å². The minimum atomic E-state index is -4.23. The van der Waals surface area contributed by atoms with Crippen LogP contribution in [0, 0.1) is 11.8 Å². The Balaban J connectivity index is 1.24. The van der Waals surface area contributed by atoms with Crippen LogP contribution in [0.5, 0.6) is 5.75 Å². The lowest BCUT2D eigenvalue weighted by Gasteiger charge is -2.31. The van der Waals surface area contributed by atoms with Crippen molar-refractivity contribution < 1.29 is 42.4 Å². The molecule has 54 heavy (non-hydrogen) atoms. The van der Waals surface area contributed by atoms with Crippen molar-refractivity contribution in [2.45, 2.75) is 70.0 Å². The average molecular weight is 763 g/mol. The highest BCUT2D eigenvalue weighted by Gasteiger charge is 2.44. The number of nitrogens with zero attached hydrogens (tertiary/aromatic N) is 2. The second-order valence-electron chi connectivity index (χ2n) is 14.3. The third-order valence-electron chi connectivity index (χ3n) is 10.1. The molecule has 0 bridgehead atoms. The number of phenols is 1. The molecule has 0 aromatic heterocycles. The van der Waals surface area contributed by atoms with Crippen LogP contribution in [0.1, 0.15) is 50.8 Å². The van der Waals surface area contributed by atoms with Gasteiger partial charge in [0.05, 0.1) is 41.9 Å². The van der Waals surface area contributed by atoms with Crippen LogP contribution in [-0.2, 0) is 35.4 Å². The third kappa shape index (κ3) is 8.74. The molecule has 4 N–H and O–H groups in total. The molecule has 3 unspecified atom stereocenters. The third-order valence-corrected chi connectivity index (χ3v) is 11.9. The number of benzene rings is 3. The number of hydrogen-bond donors (Lipinski definition) is 4. The molecule has 2 fully saturated rings. The van der Waals surface area contributed by atoms with Gasteiger partial charge in [0, 0.05) is 43.0 Å². The van der Waals surface area contributed by atoms with Gasteiger partial charge in [-0.2, -0.15) is 4.31 Å². The van der Waals surface area contributed by atoms with Gasteiger partial charge in [0.25, 0.3) is 5.91 Å². The van der Waals surface area contributed by atoms with E-state index >= 15 is 0 Å². The van der Waals surface area contributed by atoms with Crippen molar-refractivity contribution in [1.29, 1.82) is 0 Å². The van der Waals surface area contributed by atoms with Gasteiger partial charge in [-0.15, -0.1) is 0 Å². The van der Waals surface area contributed by atoms with Gasteiger partial charge in [-0.05, 0) is 80.1 Å². The zero-order chi connectivity index (χ0) is 38.6. The predicted octanol–water partition coefficient (Wildman–Crippen LogP) is 4.84. The topological polar surface area (TPSA) is 167 Å². The lowest BCUT2D eigenvalue weighted by atomic mass is 10.0. The van der Waals surface area contributed by atoms with Crippen molar-refractivity contribution >= 4 is 45.0 Å². The van der Waals surface area contributed by atoms with Crippen molar-refractivity contribution in [3.05, 3.63) is 83.4 Å². The number of sulfonamides is 1. The number of alkyl carbamates (subject to hydrolysis) is 1. The van der Waals surface area contributed by atoms with Gasteiger partial charge in [0.2, 0.25) is 10.0 Å². The molecule has 13 nitrogen and oxygen atoms in total. The maximum atomic E-state index is 14.4. The number of fused-ring (bicyclic) bond motifs is 2. The van der Waals surface area contributed by atoms with Gasteiger partial charge in [0.1, 0.15) is 11.9 Å². The monoisotopic (exact) mass is 762 g/mol. The largest absolute Gasteiger partial charge is 0.506 e. The summed E-state index contributed by atoms with van der Waals surface area (Å²) in [4.78, 5) is 28.3. The van der Waals surface area contributed by atoms with E-state index in [-0.39, 0.29) is 54.2 Å². The fourth-order valence-corrected chi connectivity index (χ4v) is 8.93. The first kappa shape index (κ1) is 39.2. The first-order chi connectivity index (χ1) is 25.9. The minimum absolute atomic E-state index is 0.0576. The molecule has 3 aromatic carbocycles. The number of ether oxygens (including phenoxy) is 3. The molecule has 0 aliphatic carbocycles. The normalized spacial score (nSPS) is 21.2. The Morgan fingerprint density at radius 3 is 2.52 bits per heavy atom. The van der Waals surface area contributed by atoms with Crippen molar-refractivity contribution in [1.82, 2.24) is 9.62 Å². The summed E-state index contributed by atoms with van der Waals surface area (Å²) in [6.07, 6.45) is -0.416. The second kappa shape index (κ2) is 16.9. The highest BCUT2D eigenvalue weighted by atomic mass is 32.2. The second-order valence-corrected chi connectivity index (χ2v) is 16.3. The van der Waals surface area contributed by atoms with Gasteiger partial charge in [-0.3, -0.25) is 4.79 Å².